The van der Waals surface area contributed by atoms with Crippen LogP contribution in [-0.4, -0.2) is 84.3 Å². The first-order valence-electron chi connectivity index (χ1n) is 9.48. The molecule has 7 heteroatoms. The minimum atomic E-state index is 0.112. The van der Waals surface area contributed by atoms with E-state index in [1.807, 2.05) is 30.1 Å². The van der Waals surface area contributed by atoms with E-state index in [2.05, 4.69) is 21.3 Å². The van der Waals surface area contributed by atoms with E-state index in [0.717, 1.165) is 81.6 Å². The van der Waals surface area contributed by atoms with Crippen molar-refractivity contribution < 1.29 is 9.53 Å². The molecule has 0 aliphatic carbocycles. The van der Waals surface area contributed by atoms with Crippen LogP contribution in [-0.2, 0) is 11.8 Å². The maximum Gasteiger partial charge on any atom is 0.254 e. The van der Waals surface area contributed by atoms with Gasteiger partial charge in [0.15, 0.2) is 0 Å². The highest BCUT2D eigenvalue weighted by Crippen LogP contribution is 2.23. The molecule has 1 aromatic heterocycles. The Morgan fingerprint density at radius 2 is 1.85 bits per heavy atom. The summed E-state index contributed by atoms with van der Waals surface area (Å²) in [6.45, 7) is 9.88. The highest BCUT2D eigenvalue weighted by Gasteiger charge is 2.23. The van der Waals surface area contributed by atoms with Gasteiger partial charge in [0, 0.05) is 51.9 Å². The van der Waals surface area contributed by atoms with Gasteiger partial charge in [-0.15, -0.1) is 0 Å². The second kappa shape index (κ2) is 7.25. The van der Waals surface area contributed by atoms with Gasteiger partial charge in [0.2, 0.25) is 5.95 Å². The van der Waals surface area contributed by atoms with E-state index in [9.17, 15) is 4.79 Å². The Kier molecular flexibility index (Phi) is 4.82. The van der Waals surface area contributed by atoms with Gasteiger partial charge in [0.25, 0.3) is 5.91 Å². The Morgan fingerprint density at radius 1 is 1.12 bits per heavy atom. The maximum absolute atomic E-state index is 12.9. The number of carbonyl (C=O) groups is 1. The number of ether oxygens (including phenoxy) is 1. The summed E-state index contributed by atoms with van der Waals surface area (Å²) < 4.78 is 7.54. The number of benzene rings is 1. The van der Waals surface area contributed by atoms with Crippen LogP contribution < -0.4 is 4.90 Å². The number of imidazole rings is 1. The zero-order valence-electron chi connectivity index (χ0n) is 15.6. The first-order valence-corrected chi connectivity index (χ1v) is 9.48. The lowest BCUT2D eigenvalue weighted by Gasteiger charge is -2.34. The summed E-state index contributed by atoms with van der Waals surface area (Å²) in [6, 6.07) is 5.89. The zero-order chi connectivity index (χ0) is 18.1. The molecule has 26 heavy (non-hydrogen) atoms. The van der Waals surface area contributed by atoms with Gasteiger partial charge in [-0.3, -0.25) is 4.79 Å². The molecule has 2 saturated heterocycles. The minimum absolute atomic E-state index is 0.112. The lowest BCUT2D eigenvalue weighted by Crippen LogP contribution is -2.48. The van der Waals surface area contributed by atoms with Crippen LogP contribution in [0.3, 0.4) is 0 Å². The first-order chi connectivity index (χ1) is 12.7. The summed E-state index contributed by atoms with van der Waals surface area (Å²) in [5, 5.41) is 0. The van der Waals surface area contributed by atoms with Crippen molar-refractivity contribution in [3.63, 3.8) is 0 Å². The minimum Gasteiger partial charge on any atom is -0.378 e. The van der Waals surface area contributed by atoms with Crippen LogP contribution in [0, 0.1) is 0 Å². The number of hydrogen-bond donors (Lipinski definition) is 0. The number of carbonyl (C=O) groups excluding carboxylic acids is 1. The third-order valence-corrected chi connectivity index (χ3v) is 5.50. The summed E-state index contributed by atoms with van der Waals surface area (Å²) in [5.74, 6) is 1.06. The van der Waals surface area contributed by atoms with Gasteiger partial charge in [-0.1, -0.05) is 6.92 Å². The van der Waals surface area contributed by atoms with Crippen LogP contribution in [0.25, 0.3) is 11.0 Å². The molecule has 0 saturated carbocycles. The number of likely N-dealkylation sites (N-methyl/N-ethyl adjacent to an activating group) is 1. The highest BCUT2D eigenvalue weighted by molar-refractivity contribution is 5.97. The molecule has 0 unspecified atom stereocenters. The molecule has 0 radical (unpaired) electrons. The monoisotopic (exact) mass is 357 g/mol. The Labute approximate surface area is 154 Å². The fourth-order valence-corrected chi connectivity index (χ4v) is 3.82. The van der Waals surface area contributed by atoms with Crippen molar-refractivity contribution in [2.45, 2.75) is 6.92 Å². The molecule has 2 aromatic rings. The molecule has 140 valence electrons. The molecule has 3 heterocycles. The van der Waals surface area contributed by atoms with Gasteiger partial charge in [-0.05, 0) is 24.7 Å². The number of rotatable bonds is 3. The second-order valence-electron chi connectivity index (χ2n) is 7.00. The fourth-order valence-electron chi connectivity index (χ4n) is 3.82. The Balaban J connectivity index is 1.56. The van der Waals surface area contributed by atoms with E-state index in [4.69, 9.17) is 9.72 Å². The van der Waals surface area contributed by atoms with Crippen molar-refractivity contribution in [2.75, 3.05) is 63.9 Å². The topological polar surface area (TPSA) is 53.8 Å². The number of nitrogens with zero attached hydrogens (tertiary/aromatic N) is 5. The summed E-state index contributed by atoms with van der Waals surface area (Å²) in [7, 11) is 2.03. The van der Waals surface area contributed by atoms with Gasteiger partial charge in [-0.2, -0.15) is 0 Å². The molecule has 7 nitrogen and oxygen atoms in total. The third kappa shape index (κ3) is 3.17. The van der Waals surface area contributed by atoms with E-state index in [1.54, 1.807) is 0 Å². The lowest BCUT2D eigenvalue weighted by molar-refractivity contribution is 0.0643. The largest absolute Gasteiger partial charge is 0.378 e. The standard InChI is InChI=1S/C19H27N5O2/c1-3-22-6-8-23(9-7-22)18(25)15-4-5-17-16(14-15)20-19(21(17)2)24-10-12-26-13-11-24/h4-5,14H,3,6-13H2,1-2H3. The molecular weight excluding hydrogens is 330 g/mol. The summed E-state index contributed by atoms with van der Waals surface area (Å²) >= 11 is 0. The van der Waals surface area contributed by atoms with Gasteiger partial charge in [0.1, 0.15) is 0 Å². The number of anilines is 1. The van der Waals surface area contributed by atoms with Gasteiger partial charge < -0.3 is 24.0 Å². The van der Waals surface area contributed by atoms with Crippen LogP contribution in [0.1, 0.15) is 17.3 Å². The lowest BCUT2D eigenvalue weighted by atomic mass is 10.1. The average Bonchev–Trinajstić information content (AvgIpc) is 3.04. The Morgan fingerprint density at radius 3 is 2.54 bits per heavy atom. The third-order valence-electron chi connectivity index (χ3n) is 5.50. The quantitative estimate of drug-likeness (QED) is 0.826. The molecule has 2 fully saturated rings. The molecule has 0 spiro atoms. The molecular formula is C19H27N5O2. The molecule has 2 aliphatic rings. The van der Waals surface area contributed by atoms with Crippen molar-refractivity contribution in [2.24, 2.45) is 7.05 Å². The molecule has 0 bridgehead atoms. The number of aromatic nitrogens is 2. The number of piperazine rings is 1. The normalized spacial score (nSPS) is 19.3. The van der Waals surface area contributed by atoms with Crippen LogP contribution >= 0.6 is 0 Å². The van der Waals surface area contributed by atoms with Crippen LogP contribution in [0.4, 0.5) is 5.95 Å². The number of morpholine rings is 1. The maximum atomic E-state index is 12.9. The number of hydrogen-bond acceptors (Lipinski definition) is 5. The van der Waals surface area contributed by atoms with E-state index < -0.39 is 0 Å². The molecule has 1 aromatic carbocycles. The van der Waals surface area contributed by atoms with Crippen molar-refractivity contribution in [1.82, 2.24) is 19.4 Å². The molecule has 4 rings (SSSR count). The molecule has 1 amide bonds. The van der Waals surface area contributed by atoms with Crippen molar-refractivity contribution in [3.8, 4) is 0 Å². The van der Waals surface area contributed by atoms with Gasteiger partial charge in [0.05, 0.1) is 24.2 Å². The van der Waals surface area contributed by atoms with Crippen LogP contribution in [0.15, 0.2) is 18.2 Å². The number of fused-ring (bicyclic) bond motifs is 1. The summed E-state index contributed by atoms with van der Waals surface area (Å²) in [5.41, 5.74) is 2.67. The fraction of sp³-hybridized carbons (Fsp3) is 0.579. The number of amides is 1. The van der Waals surface area contributed by atoms with Gasteiger partial charge in [-0.25, -0.2) is 4.98 Å². The smallest absolute Gasteiger partial charge is 0.254 e. The predicted octanol–water partition coefficient (Wildman–Crippen LogP) is 1.19. The van der Waals surface area contributed by atoms with E-state index in [0.29, 0.717) is 0 Å². The van der Waals surface area contributed by atoms with E-state index in [-0.39, 0.29) is 5.91 Å². The highest BCUT2D eigenvalue weighted by atomic mass is 16.5. The summed E-state index contributed by atoms with van der Waals surface area (Å²) in [4.78, 5) is 24.3. The summed E-state index contributed by atoms with van der Waals surface area (Å²) in [6.07, 6.45) is 0. The van der Waals surface area contributed by atoms with Crippen molar-refractivity contribution in [3.05, 3.63) is 23.8 Å². The Hall–Kier alpha value is -2.12. The van der Waals surface area contributed by atoms with E-state index in [1.165, 1.54) is 0 Å². The second-order valence-corrected chi connectivity index (χ2v) is 7.00. The first kappa shape index (κ1) is 17.3. The van der Waals surface area contributed by atoms with Crippen LogP contribution in [0.2, 0.25) is 0 Å². The predicted molar refractivity (Wildman–Crippen MR) is 102 cm³/mol. The zero-order valence-corrected chi connectivity index (χ0v) is 15.6. The molecule has 0 N–H and O–H groups in total. The Bertz CT molecular complexity index is 789. The number of aryl methyl sites for hydroxylation is 1. The SMILES string of the molecule is CCN1CCN(C(=O)c2ccc3c(c2)nc(N2CCOCC2)n3C)CC1. The van der Waals surface area contributed by atoms with Crippen molar-refractivity contribution >= 4 is 22.9 Å². The van der Waals surface area contributed by atoms with Crippen molar-refractivity contribution in [1.29, 1.82) is 0 Å². The average molecular weight is 357 g/mol. The van der Waals surface area contributed by atoms with Crippen LogP contribution in [0.5, 0.6) is 0 Å². The molecule has 2 aliphatic heterocycles. The molecule has 0 atom stereocenters. The van der Waals surface area contributed by atoms with Gasteiger partial charge >= 0.3 is 0 Å². The van der Waals surface area contributed by atoms with E-state index >= 15 is 0 Å².